The molecule has 4 nitrogen and oxygen atoms in total. The van der Waals surface area contributed by atoms with Crippen LogP contribution >= 0.6 is 0 Å². The lowest BCUT2D eigenvalue weighted by atomic mass is 10.2. The van der Waals surface area contributed by atoms with Crippen molar-refractivity contribution in [2.75, 3.05) is 13.2 Å². The van der Waals surface area contributed by atoms with Crippen molar-refractivity contribution in [3.63, 3.8) is 0 Å². The van der Waals surface area contributed by atoms with Crippen molar-refractivity contribution < 1.29 is 14.3 Å². The summed E-state index contributed by atoms with van der Waals surface area (Å²) < 4.78 is 4.97. The van der Waals surface area contributed by atoms with Gasteiger partial charge in [-0.3, -0.25) is 9.59 Å². The molecule has 0 aromatic rings. The standard InChI is InChI=1S/C10H18NO3/c1-9(2)7-14-10(13)5-3-4-6-11-8-12/h9H,3-7H2,1-2H3,(H,11,12). The molecule has 0 spiro atoms. The van der Waals surface area contributed by atoms with Crippen LogP contribution in [0.1, 0.15) is 33.1 Å². The molecule has 0 saturated carbocycles. The first-order chi connectivity index (χ1) is 6.66. The molecule has 4 heteroatoms. The first-order valence-electron chi connectivity index (χ1n) is 4.92. The first-order valence-corrected chi connectivity index (χ1v) is 4.92. The molecule has 0 aromatic carbocycles. The average Bonchev–Trinajstić information content (AvgIpc) is 2.14. The van der Waals surface area contributed by atoms with E-state index in [-0.39, 0.29) is 5.97 Å². The molecule has 0 aliphatic heterocycles. The number of unbranched alkanes of at least 4 members (excludes halogenated alkanes) is 1. The fourth-order valence-electron chi connectivity index (χ4n) is 0.866. The number of amides is 1. The minimum Gasteiger partial charge on any atom is -0.465 e. The topological polar surface area (TPSA) is 55.4 Å². The summed E-state index contributed by atoms with van der Waals surface area (Å²) in [5, 5.41) is 2.41. The van der Waals surface area contributed by atoms with Gasteiger partial charge >= 0.3 is 12.4 Å². The van der Waals surface area contributed by atoms with Crippen molar-refractivity contribution in [3.05, 3.63) is 0 Å². The van der Waals surface area contributed by atoms with E-state index in [1.165, 1.54) is 0 Å². The predicted octanol–water partition coefficient (Wildman–Crippen LogP) is 1.01. The second kappa shape index (κ2) is 8.53. The number of ether oxygens (including phenoxy) is 1. The normalized spacial score (nSPS) is 9.93. The molecular weight excluding hydrogens is 182 g/mol. The summed E-state index contributed by atoms with van der Waals surface area (Å²) in [6.07, 6.45) is 3.53. The molecule has 0 aromatic heterocycles. The highest BCUT2D eigenvalue weighted by Gasteiger charge is 2.03. The predicted molar refractivity (Wildman–Crippen MR) is 53.3 cm³/mol. The summed E-state index contributed by atoms with van der Waals surface area (Å²) in [5.41, 5.74) is 0. The van der Waals surface area contributed by atoms with Gasteiger partial charge in [-0.15, -0.1) is 0 Å². The van der Waals surface area contributed by atoms with Crippen molar-refractivity contribution in [2.45, 2.75) is 33.1 Å². The van der Waals surface area contributed by atoms with E-state index in [1.807, 2.05) is 13.8 Å². The Labute approximate surface area is 85.0 Å². The molecule has 1 amide bonds. The zero-order chi connectivity index (χ0) is 10.8. The zero-order valence-electron chi connectivity index (χ0n) is 8.84. The van der Waals surface area contributed by atoms with Gasteiger partial charge in [0.1, 0.15) is 0 Å². The maximum atomic E-state index is 11.1. The molecule has 81 valence electrons. The highest BCUT2D eigenvalue weighted by atomic mass is 16.5. The number of esters is 1. The lowest BCUT2D eigenvalue weighted by Crippen LogP contribution is -2.13. The van der Waals surface area contributed by atoms with E-state index in [0.717, 1.165) is 12.8 Å². The number of hydrogen-bond acceptors (Lipinski definition) is 3. The minimum absolute atomic E-state index is 0.159. The Kier molecular flexibility index (Phi) is 7.89. The van der Waals surface area contributed by atoms with Crippen molar-refractivity contribution in [3.8, 4) is 0 Å². The number of nitrogens with one attached hydrogen (secondary N) is 1. The Morgan fingerprint density at radius 2 is 2.14 bits per heavy atom. The Morgan fingerprint density at radius 1 is 1.43 bits per heavy atom. The monoisotopic (exact) mass is 200 g/mol. The fraction of sp³-hybridized carbons (Fsp3) is 0.800. The molecule has 1 radical (unpaired) electrons. The van der Waals surface area contributed by atoms with Crippen LogP contribution in [0.15, 0.2) is 0 Å². The summed E-state index contributed by atoms with van der Waals surface area (Å²) in [5.74, 6) is 0.221. The minimum atomic E-state index is -0.159. The van der Waals surface area contributed by atoms with Gasteiger partial charge in [-0.2, -0.15) is 0 Å². The van der Waals surface area contributed by atoms with Crippen molar-refractivity contribution >= 4 is 12.4 Å². The summed E-state index contributed by atoms with van der Waals surface area (Å²) in [4.78, 5) is 20.8. The van der Waals surface area contributed by atoms with Gasteiger partial charge < -0.3 is 10.1 Å². The zero-order valence-corrected chi connectivity index (χ0v) is 8.84. The third-order valence-electron chi connectivity index (χ3n) is 1.58. The smallest absolute Gasteiger partial charge is 0.309 e. The summed E-state index contributed by atoms with van der Waals surface area (Å²) in [6, 6.07) is 0. The lowest BCUT2D eigenvalue weighted by molar-refractivity contribution is -0.144. The molecule has 0 unspecified atom stereocenters. The van der Waals surface area contributed by atoms with Crippen LogP contribution in [-0.2, 0) is 14.3 Å². The highest BCUT2D eigenvalue weighted by Crippen LogP contribution is 1.99. The van der Waals surface area contributed by atoms with E-state index in [9.17, 15) is 9.59 Å². The van der Waals surface area contributed by atoms with E-state index in [2.05, 4.69) is 5.32 Å². The van der Waals surface area contributed by atoms with Gasteiger partial charge in [0.05, 0.1) is 6.61 Å². The van der Waals surface area contributed by atoms with Gasteiger partial charge in [0.15, 0.2) is 0 Å². The Morgan fingerprint density at radius 3 is 2.71 bits per heavy atom. The molecule has 0 atom stereocenters. The Balaban J connectivity index is 3.22. The molecule has 0 aliphatic carbocycles. The van der Waals surface area contributed by atoms with Gasteiger partial charge in [-0.25, -0.2) is 0 Å². The quantitative estimate of drug-likeness (QED) is 0.361. The van der Waals surface area contributed by atoms with Crippen molar-refractivity contribution in [1.82, 2.24) is 5.32 Å². The highest BCUT2D eigenvalue weighted by molar-refractivity contribution is 5.69. The molecule has 0 heterocycles. The molecule has 0 bridgehead atoms. The van der Waals surface area contributed by atoms with E-state index in [4.69, 9.17) is 4.74 Å². The van der Waals surface area contributed by atoms with Crippen LogP contribution in [0.2, 0.25) is 0 Å². The molecular formula is C10H18NO3. The summed E-state index contributed by atoms with van der Waals surface area (Å²) in [6.45, 7) is 5.05. The van der Waals surface area contributed by atoms with Gasteiger partial charge in [-0.1, -0.05) is 13.8 Å². The Hall–Kier alpha value is -1.06. The van der Waals surface area contributed by atoms with E-state index in [0.29, 0.717) is 25.5 Å². The van der Waals surface area contributed by atoms with Gasteiger partial charge in [0.25, 0.3) is 0 Å². The SMILES string of the molecule is CC(C)COC(=O)CCCCN[C]=O. The van der Waals surface area contributed by atoms with Crippen LogP contribution < -0.4 is 5.32 Å². The van der Waals surface area contributed by atoms with Crippen LogP contribution in [0.3, 0.4) is 0 Å². The van der Waals surface area contributed by atoms with Gasteiger partial charge in [-0.05, 0) is 18.8 Å². The summed E-state index contributed by atoms with van der Waals surface area (Å²) in [7, 11) is 0. The van der Waals surface area contributed by atoms with Crippen LogP contribution in [0.5, 0.6) is 0 Å². The lowest BCUT2D eigenvalue weighted by Gasteiger charge is -2.06. The van der Waals surface area contributed by atoms with Crippen LogP contribution in [0.25, 0.3) is 0 Å². The Bertz CT molecular complexity index is 169. The molecule has 0 rings (SSSR count). The summed E-state index contributed by atoms with van der Waals surface area (Å²) >= 11 is 0. The second-order valence-corrected chi connectivity index (χ2v) is 3.56. The van der Waals surface area contributed by atoms with E-state index >= 15 is 0 Å². The maximum Gasteiger partial charge on any atom is 0.309 e. The third kappa shape index (κ3) is 9.03. The molecule has 0 aliphatic rings. The van der Waals surface area contributed by atoms with E-state index < -0.39 is 0 Å². The van der Waals surface area contributed by atoms with E-state index in [1.54, 1.807) is 6.41 Å². The largest absolute Gasteiger partial charge is 0.465 e. The molecule has 14 heavy (non-hydrogen) atoms. The first kappa shape index (κ1) is 12.9. The van der Waals surface area contributed by atoms with Gasteiger partial charge in [0.2, 0.25) is 0 Å². The number of carbonyl (C=O) groups is 1. The van der Waals surface area contributed by atoms with Crippen LogP contribution in [-0.4, -0.2) is 25.5 Å². The van der Waals surface area contributed by atoms with Crippen LogP contribution in [0, 0.1) is 5.92 Å². The number of hydrogen-bond donors (Lipinski definition) is 1. The second-order valence-electron chi connectivity index (χ2n) is 3.56. The van der Waals surface area contributed by atoms with Crippen molar-refractivity contribution in [2.24, 2.45) is 5.92 Å². The molecule has 0 saturated heterocycles. The van der Waals surface area contributed by atoms with Crippen LogP contribution in [0.4, 0.5) is 0 Å². The number of carbonyl (C=O) groups excluding carboxylic acids is 2. The number of rotatable bonds is 8. The molecule has 0 fully saturated rings. The molecule has 1 N–H and O–H groups in total. The third-order valence-corrected chi connectivity index (χ3v) is 1.58. The van der Waals surface area contributed by atoms with Gasteiger partial charge in [0, 0.05) is 13.0 Å². The van der Waals surface area contributed by atoms with Crippen molar-refractivity contribution in [1.29, 1.82) is 0 Å². The fourth-order valence-corrected chi connectivity index (χ4v) is 0.866. The maximum absolute atomic E-state index is 11.1. The average molecular weight is 200 g/mol.